The second kappa shape index (κ2) is 4.63. The minimum Gasteiger partial charge on any atom is -0.508 e. The minimum absolute atomic E-state index is 0.183. The van der Waals surface area contributed by atoms with Crippen molar-refractivity contribution >= 4 is 5.97 Å². The Morgan fingerprint density at radius 3 is 2.85 bits per heavy atom. The average Bonchev–Trinajstić information content (AvgIpc) is 3.42. The van der Waals surface area contributed by atoms with Gasteiger partial charge >= 0.3 is 5.97 Å². The maximum Gasteiger partial charge on any atom is 0.338 e. The lowest BCUT2D eigenvalue weighted by atomic mass is 9.45. The molecule has 5 heteroatoms. The van der Waals surface area contributed by atoms with Gasteiger partial charge in [0.2, 0.25) is 0 Å². The Hall–Kier alpha value is -1.59. The predicted octanol–water partition coefficient (Wildman–Crippen LogP) is 1.88. The van der Waals surface area contributed by atoms with Crippen molar-refractivity contribution in [3.8, 4) is 5.75 Å². The Morgan fingerprint density at radius 2 is 2.08 bits per heavy atom. The van der Waals surface area contributed by atoms with Crippen molar-refractivity contribution in [3.05, 3.63) is 29.3 Å². The van der Waals surface area contributed by atoms with Gasteiger partial charge in [0.1, 0.15) is 11.4 Å². The van der Waals surface area contributed by atoms with Gasteiger partial charge in [-0.05, 0) is 74.2 Å². The van der Waals surface area contributed by atoms with Gasteiger partial charge in [-0.15, -0.1) is 0 Å². The molecule has 1 spiro atoms. The molecular formula is C21H25NO4. The van der Waals surface area contributed by atoms with Crippen LogP contribution in [0.2, 0.25) is 0 Å². The number of benzene rings is 1. The van der Waals surface area contributed by atoms with Crippen molar-refractivity contribution < 1.29 is 19.7 Å². The van der Waals surface area contributed by atoms with Gasteiger partial charge in [0, 0.05) is 18.4 Å². The van der Waals surface area contributed by atoms with Crippen LogP contribution in [0.3, 0.4) is 0 Å². The summed E-state index contributed by atoms with van der Waals surface area (Å²) in [5, 5.41) is 21.1. The molecule has 3 saturated heterocycles. The van der Waals surface area contributed by atoms with Gasteiger partial charge in [0.25, 0.3) is 0 Å². The third-order valence-electron chi connectivity index (χ3n) is 7.99. The zero-order chi connectivity index (χ0) is 17.7. The number of fused-ring (bicyclic) bond motifs is 3. The monoisotopic (exact) mass is 355 g/mol. The van der Waals surface area contributed by atoms with Crippen LogP contribution in [-0.4, -0.2) is 51.4 Å². The first-order valence-electron chi connectivity index (χ1n) is 9.98. The largest absolute Gasteiger partial charge is 0.508 e. The second-order valence-electron chi connectivity index (χ2n) is 9.32. The van der Waals surface area contributed by atoms with Crippen LogP contribution in [0.15, 0.2) is 18.2 Å². The summed E-state index contributed by atoms with van der Waals surface area (Å²) >= 11 is 0. The van der Waals surface area contributed by atoms with Crippen LogP contribution in [0.5, 0.6) is 5.75 Å². The highest BCUT2D eigenvalue weighted by atomic mass is 16.6. The van der Waals surface area contributed by atoms with Gasteiger partial charge in [-0.2, -0.15) is 0 Å². The number of hydrogen-bond donors (Lipinski definition) is 2. The third-order valence-corrected chi connectivity index (χ3v) is 7.99. The summed E-state index contributed by atoms with van der Waals surface area (Å²) < 4.78 is 6.15. The van der Waals surface area contributed by atoms with Crippen LogP contribution in [0.25, 0.3) is 0 Å². The Bertz CT molecular complexity index is 820. The number of carbonyl (C=O) groups is 1. The number of rotatable bonds is 2. The molecule has 1 aromatic rings. The number of aromatic hydroxyl groups is 1. The molecule has 5 nitrogen and oxygen atoms in total. The Morgan fingerprint density at radius 1 is 1.23 bits per heavy atom. The standard InChI is InChI=1S/C21H25NO4/c23-15-4-3-14-9-17-21-6-5-20(25,18(24)26-21)12-19(21,16(14)10-15)7-8-22(17)11-13-1-2-13/h3-4,10,13,17,23,25H,1-2,5-9,11-12H2/t17-,19-,20?,21-/m1/s1. The quantitative estimate of drug-likeness (QED) is 0.793. The fourth-order valence-electron chi connectivity index (χ4n) is 6.59. The summed E-state index contributed by atoms with van der Waals surface area (Å²) in [4.78, 5) is 15.2. The number of ether oxygens (including phenoxy) is 1. The van der Waals surface area contributed by atoms with Gasteiger partial charge in [-0.3, -0.25) is 4.90 Å². The lowest BCUT2D eigenvalue weighted by Gasteiger charge is -2.69. The molecule has 26 heavy (non-hydrogen) atoms. The van der Waals surface area contributed by atoms with Gasteiger partial charge in [0.15, 0.2) is 5.60 Å². The Kier molecular flexibility index (Phi) is 2.75. The van der Waals surface area contributed by atoms with Gasteiger partial charge < -0.3 is 14.9 Å². The van der Waals surface area contributed by atoms with Crippen LogP contribution < -0.4 is 0 Å². The fraction of sp³-hybridized carbons (Fsp3) is 0.667. The number of phenolic OH excluding ortho intramolecular Hbond substituents is 1. The van der Waals surface area contributed by atoms with Crippen LogP contribution in [0.1, 0.15) is 49.7 Å². The maximum absolute atomic E-state index is 12.6. The van der Waals surface area contributed by atoms with Crippen molar-refractivity contribution in [1.82, 2.24) is 4.90 Å². The van der Waals surface area contributed by atoms with E-state index in [-0.39, 0.29) is 17.2 Å². The number of carbonyl (C=O) groups excluding carboxylic acids is 1. The molecule has 5 fully saturated rings. The molecule has 0 radical (unpaired) electrons. The number of aliphatic hydroxyl groups is 1. The second-order valence-corrected chi connectivity index (χ2v) is 9.32. The molecule has 6 aliphatic rings. The van der Waals surface area contributed by atoms with Crippen molar-refractivity contribution in [3.63, 3.8) is 0 Å². The third kappa shape index (κ3) is 1.71. The molecule has 0 amide bonds. The lowest BCUT2D eigenvalue weighted by Crippen LogP contribution is -2.80. The smallest absolute Gasteiger partial charge is 0.338 e. The first kappa shape index (κ1) is 15.5. The van der Waals surface area contributed by atoms with E-state index in [1.54, 1.807) is 6.07 Å². The Balaban J connectivity index is 1.55. The molecule has 2 saturated carbocycles. The molecule has 2 N–H and O–H groups in total. The highest BCUT2D eigenvalue weighted by Crippen LogP contribution is 2.65. The fourth-order valence-corrected chi connectivity index (χ4v) is 6.59. The number of hydrogen-bond acceptors (Lipinski definition) is 5. The van der Waals surface area contributed by atoms with E-state index in [0.717, 1.165) is 43.8 Å². The zero-order valence-corrected chi connectivity index (χ0v) is 14.9. The van der Waals surface area contributed by atoms with E-state index in [9.17, 15) is 15.0 Å². The molecule has 3 aliphatic heterocycles. The van der Waals surface area contributed by atoms with Crippen LogP contribution in [-0.2, 0) is 21.4 Å². The summed E-state index contributed by atoms with van der Waals surface area (Å²) in [6.45, 7) is 2.07. The van der Waals surface area contributed by atoms with E-state index in [4.69, 9.17) is 4.74 Å². The SMILES string of the molecule is O=C1O[C@@]23CCC1(O)C[C@@]21CCN(CC2CC2)[C@@H]3Cc2ccc(O)cc21. The van der Waals surface area contributed by atoms with E-state index >= 15 is 0 Å². The van der Waals surface area contributed by atoms with Gasteiger partial charge in [0.05, 0.1) is 6.04 Å². The molecule has 4 bridgehead atoms. The van der Waals surface area contributed by atoms with E-state index in [2.05, 4.69) is 4.90 Å². The number of nitrogens with zero attached hydrogens (tertiary/aromatic N) is 1. The normalized spacial score (nSPS) is 43.6. The Labute approximate surface area is 152 Å². The predicted molar refractivity (Wildman–Crippen MR) is 93.8 cm³/mol. The number of phenols is 1. The van der Waals surface area contributed by atoms with Crippen LogP contribution >= 0.6 is 0 Å². The average molecular weight is 355 g/mol. The molecule has 1 unspecified atom stereocenters. The van der Waals surface area contributed by atoms with Crippen molar-refractivity contribution in [2.24, 2.45) is 5.92 Å². The summed E-state index contributed by atoms with van der Waals surface area (Å²) in [6, 6.07) is 5.83. The molecule has 0 aromatic heterocycles. The molecular weight excluding hydrogens is 330 g/mol. The highest BCUT2D eigenvalue weighted by Gasteiger charge is 2.74. The van der Waals surface area contributed by atoms with Crippen molar-refractivity contribution in [1.29, 1.82) is 0 Å². The number of piperidine rings is 1. The number of likely N-dealkylation sites (tertiary alicyclic amines) is 1. The van der Waals surface area contributed by atoms with Crippen molar-refractivity contribution in [2.75, 3.05) is 13.1 Å². The molecule has 1 aromatic carbocycles. The molecule has 3 aliphatic carbocycles. The summed E-state index contributed by atoms with van der Waals surface area (Å²) in [5.41, 5.74) is 0.0509. The minimum atomic E-state index is -1.37. The summed E-state index contributed by atoms with van der Waals surface area (Å²) in [7, 11) is 0. The topological polar surface area (TPSA) is 70.0 Å². The van der Waals surface area contributed by atoms with Gasteiger partial charge in [-0.25, -0.2) is 4.79 Å². The van der Waals surface area contributed by atoms with Gasteiger partial charge in [-0.1, -0.05) is 6.07 Å². The molecule has 7 rings (SSSR count). The van der Waals surface area contributed by atoms with Crippen LogP contribution in [0.4, 0.5) is 0 Å². The van der Waals surface area contributed by atoms with E-state index in [0.29, 0.717) is 12.8 Å². The summed E-state index contributed by atoms with van der Waals surface area (Å²) in [6.07, 6.45) is 6.00. The summed E-state index contributed by atoms with van der Waals surface area (Å²) in [5.74, 6) is 0.619. The van der Waals surface area contributed by atoms with Crippen molar-refractivity contribution in [2.45, 2.75) is 67.6 Å². The highest BCUT2D eigenvalue weighted by molar-refractivity contribution is 5.83. The van der Waals surface area contributed by atoms with E-state index in [1.165, 1.54) is 18.4 Å². The van der Waals surface area contributed by atoms with E-state index in [1.807, 2.05) is 12.1 Å². The first-order valence-corrected chi connectivity index (χ1v) is 9.98. The van der Waals surface area contributed by atoms with Crippen LogP contribution in [0, 0.1) is 5.92 Å². The molecule has 4 atom stereocenters. The molecule has 138 valence electrons. The lowest BCUT2D eigenvalue weighted by molar-refractivity contribution is -0.272. The maximum atomic E-state index is 12.6. The first-order chi connectivity index (χ1) is 12.5. The van der Waals surface area contributed by atoms with E-state index < -0.39 is 17.2 Å². The molecule has 3 heterocycles. The number of esters is 1. The zero-order valence-electron chi connectivity index (χ0n) is 14.9.